The van der Waals surface area contributed by atoms with Crippen molar-refractivity contribution in [1.29, 1.82) is 0 Å². The molecule has 0 amide bonds. The molecule has 0 atom stereocenters. The number of nitrogens with one attached hydrogen (secondary N) is 1. The number of aromatic hydroxyl groups is 1. The fourth-order valence-corrected chi connectivity index (χ4v) is 2.32. The molecule has 0 unspecified atom stereocenters. The van der Waals surface area contributed by atoms with Gasteiger partial charge in [0.2, 0.25) is 0 Å². The van der Waals surface area contributed by atoms with E-state index in [1.807, 2.05) is 31.2 Å². The van der Waals surface area contributed by atoms with Gasteiger partial charge in [0.15, 0.2) is 23.1 Å². The number of halogens is 1. The summed E-state index contributed by atoms with van der Waals surface area (Å²) in [4.78, 5) is 4.49. The zero-order valence-corrected chi connectivity index (χ0v) is 13.5. The second-order valence-electron chi connectivity index (χ2n) is 4.63. The SMILES string of the molecule is CCOc1cc(-c2n[nH]c(-c3ccc(Br)cc3)n2)ccc1O. The summed E-state index contributed by atoms with van der Waals surface area (Å²) in [7, 11) is 0. The quantitative estimate of drug-likeness (QED) is 0.738. The van der Waals surface area contributed by atoms with Crippen LogP contribution in [0, 0.1) is 0 Å². The van der Waals surface area contributed by atoms with Crippen molar-refractivity contribution in [2.24, 2.45) is 0 Å². The number of aromatic nitrogens is 3. The predicted octanol–water partition coefficient (Wildman–Crippen LogP) is 4.01. The molecule has 0 fully saturated rings. The first kappa shape index (κ1) is 14.6. The van der Waals surface area contributed by atoms with E-state index in [0.29, 0.717) is 24.0 Å². The first-order chi connectivity index (χ1) is 10.7. The van der Waals surface area contributed by atoms with E-state index in [4.69, 9.17) is 4.74 Å². The van der Waals surface area contributed by atoms with Crippen LogP contribution in [0.3, 0.4) is 0 Å². The Morgan fingerprint density at radius 2 is 1.86 bits per heavy atom. The van der Waals surface area contributed by atoms with Gasteiger partial charge in [0.1, 0.15) is 0 Å². The lowest BCUT2D eigenvalue weighted by molar-refractivity contribution is 0.318. The molecule has 2 N–H and O–H groups in total. The molecule has 0 bridgehead atoms. The number of phenolic OH excluding ortho intramolecular Hbond substituents is 1. The van der Waals surface area contributed by atoms with Crippen molar-refractivity contribution in [2.75, 3.05) is 6.61 Å². The zero-order chi connectivity index (χ0) is 15.5. The minimum absolute atomic E-state index is 0.106. The Kier molecular flexibility index (Phi) is 4.11. The molecular formula is C16H14BrN3O2. The topological polar surface area (TPSA) is 71.0 Å². The Balaban J connectivity index is 1.93. The van der Waals surface area contributed by atoms with E-state index in [-0.39, 0.29) is 5.75 Å². The number of rotatable bonds is 4. The van der Waals surface area contributed by atoms with E-state index >= 15 is 0 Å². The molecule has 3 aromatic rings. The van der Waals surface area contributed by atoms with Crippen LogP contribution in [0.1, 0.15) is 6.92 Å². The summed E-state index contributed by atoms with van der Waals surface area (Å²) in [5.74, 6) is 1.77. The first-order valence-electron chi connectivity index (χ1n) is 6.82. The molecule has 0 saturated carbocycles. The van der Waals surface area contributed by atoms with Crippen LogP contribution in [0.15, 0.2) is 46.9 Å². The number of hydrogen-bond acceptors (Lipinski definition) is 4. The van der Waals surface area contributed by atoms with Crippen molar-refractivity contribution < 1.29 is 9.84 Å². The lowest BCUT2D eigenvalue weighted by Gasteiger charge is -2.06. The van der Waals surface area contributed by atoms with Crippen molar-refractivity contribution in [2.45, 2.75) is 6.92 Å². The number of ether oxygens (including phenoxy) is 1. The van der Waals surface area contributed by atoms with Gasteiger partial charge in [0.25, 0.3) is 0 Å². The van der Waals surface area contributed by atoms with Gasteiger partial charge in [0.05, 0.1) is 6.61 Å². The van der Waals surface area contributed by atoms with Gasteiger partial charge in [-0.25, -0.2) is 4.98 Å². The molecule has 0 aliphatic rings. The largest absolute Gasteiger partial charge is 0.504 e. The monoisotopic (exact) mass is 359 g/mol. The summed E-state index contributed by atoms with van der Waals surface area (Å²) in [6, 6.07) is 12.9. The summed E-state index contributed by atoms with van der Waals surface area (Å²) >= 11 is 3.41. The van der Waals surface area contributed by atoms with Gasteiger partial charge in [-0.15, -0.1) is 0 Å². The third-order valence-corrected chi connectivity index (χ3v) is 3.65. The number of nitrogens with zero attached hydrogens (tertiary/aromatic N) is 2. The van der Waals surface area contributed by atoms with E-state index in [2.05, 4.69) is 31.1 Å². The fraction of sp³-hybridized carbons (Fsp3) is 0.125. The van der Waals surface area contributed by atoms with Gasteiger partial charge in [-0.05, 0) is 37.3 Å². The fourth-order valence-electron chi connectivity index (χ4n) is 2.05. The van der Waals surface area contributed by atoms with Gasteiger partial charge >= 0.3 is 0 Å². The van der Waals surface area contributed by atoms with Crippen molar-refractivity contribution in [3.63, 3.8) is 0 Å². The molecule has 5 nitrogen and oxygen atoms in total. The van der Waals surface area contributed by atoms with Crippen LogP contribution in [-0.4, -0.2) is 26.9 Å². The van der Waals surface area contributed by atoms with Gasteiger partial charge < -0.3 is 9.84 Å². The average molecular weight is 360 g/mol. The number of hydrogen-bond donors (Lipinski definition) is 2. The van der Waals surface area contributed by atoms with Crippen LogP contribution in [0.5, 0.6) is 11.5 Å². The maximum Gasteiger partial charge on any atom is 0.181 e. The summed E-state index contributed by atoms with van der Waals surface area (Å²) < 4.78 is 6.39. The number of benzene rings is 2. The van der Waals surface area contributed by atoms with Gasteiger partial charge in [-0.3, -0.25) is 5.10 Å². The van der Waals surface area contributed by atoms with Crippen molar-refractivity contribution in [3.8, 4) is 34.3 Å². The Morgan fingerprint density at radius 1 is 1.14 bits per heavy atom. The first-order valence-corrected chi connectivity index (χ1v) is 7.61. The molecule has 0 spiro atoms. The van der Waals surface area contributed by atoms with Gasteiger partial charge in [0, 0.05) is 15.6 Å². The lowest BCUT2D eigenvalue weighted by Crippen LogP contribution is -1.92. The van der Waals surface area contributed by atoms with Crippen molar-refractivity contribution >= 4 is 15.9 Å². The summed E-state index contributed by atoms with van der Waals surface area (Å²) in [6.07, 6.45) is 0. The Labute approximate surface area is 136 Å². The highest BCUT2D eigenvalue weighted by Crippen LogP contribution is 2.31. The van der Waals surface area contributed by atoms with Crippen molar-refractivity contribution in [1.82, 2.24) is 15.2 Å². The van der Waals surface area contributed by atoms with E-state index in [1.165, 1.54) is 0 Å². The molecule has 0 aliphatic carbocycles. The third kappa shape index (κ3) is 2.96. The van der Waals surface area contributed by atoms with E-state index in [0.717, 1.165) is 15.6 Å². The molecule has 0 saturated heterocycles. The number of H-pyrrole nitrogens is 1. The molecule has 1 aromatic heterocycles. The zero-order valence-electron chi connectivity index (χ0n) is 11.9. The van der Waals surface area contributed by atoms with Gasteiger partial charge in [-0.1, -0.05) is 28.1 Å². The molecule has 0 radical (unpaired) electrons. The second-order valence-corrected chi connectivity index (χ2v) is 5.55. The van der Waals surface area contributed by atoms with Crippen molar-refractivity contribution in [3.05, 3.63) is 46.9 Å². The molecule has 2 aromatic carbocycles. The van der Waals surface area contributed by atoms with Gasteiger partial charge in [-0.2, -0.15) is 5.10 Å². The van der Waals surface area contributed by atoms with Crippen LogP contribution in [-0.2, 0) is 0 Å². The number of aromatic amines is 1. The highest BCUT2D eigenvalue weighted by atomic mass is 79.9. The Bertz CT molecular complexity index is 784. The summed E-state index contributed by atoms with van der Waals surface area (Å²) in [5.41, 5.74) is 1.73. The lowest BCUT2D eigenvalue weighted by atomic mass is 10.2. The summed E-state index contributed by atoms with van der Waals surface area (Å²) in [6.45, 7) is 2.35. The van der Waals surface area contributed by atoms with Crippen LogP contribution in [0.25, 0.3) is 22.8 Å². The predicted molar refractivity (Wildman–Crippen MR) is 87.8 cm³/mol. The maximum absolute atomic E-state index is 9.74. The maximum atomic E-state index is 9.74. The van der Waals surface area contributed by atoms with Crippen LogP contribution in [0.2, 0.25) is 0 Å². The molecule has 1 heterocycles. The van der Waals surface area contributed by atoms with E-state index in [9.17, 15) is 5.11 Å². The molecule has 22 heavy (non-hydrogen) atoms. The molecule has 6 heteroatoms. The molecule has 3 rings (SSSR count). The van der Waals surface area contributed by atoms with E-state index in [1.54, 1.807) is 18.2 Å². The molecule has 0 aliphatic heterocycles. The Hall–Kier alpha value is -2.34. The van der Waals surface area contributed by atoms with E-state index < -0.39 is 0 Å². The minimum Gasteiger partial charge on any atom is -0.504 e. The Morgan fingerprint density at radius 3 is 2.59 bits per heavy atom. The third-order valence-electron chi connectivity index (χ3n) is 3.12. The second kappa shape index (κ2) is 6.19. The normalized spacial score (nSPS) is 10.6. The molecular weight excluding hydrogens is 346 g/mol. The number of phenols is 1. The minimum atomic E-state index is 0.106. The molecule has 112 valence electrons. The van der Waals surface area contributed by atoms with Crippen LogP contribution in [0.4, 0.5) is 0 Å². The summed E-state index contributed by atoms with van der Waals surface area (Å²) in [5, 5.41) is 16.9. The highest BCUT2D eigenvalue weighted by molar-refractivity contribution is 9.10. The average Bonchev–Trinajstić information content (AvgIpc) is 3.00. The standard InChI is InChI=1S/C16H14BrN3O2/c1-2-22-14-9-11(5-8-13(14)21)16-18-15(19-20-16)10-3-6-12(17)7-4-10/h3-9,21H,2H2,1H3,(H,18,19,20). The smallest absolute Gasteiger partial charge is 0.181 e. The van der Waals surface area contributed by atoms with Crippen LogP contribution >= 0.6 is 15.9 Å². The van der Waals surface area contributed by atoms with Crippen LogP contribution < -0.4 is 4.74 Å². The highest BCUT2D eigenvalue weighted by Gasteiger charge is 2.11.